The van der Waals surface area contributed by atoms with Gasteiger partial charge in [-0.05, 0) is 22.0 Å². The summed E-state index contributed by atoms with van der Waals surface area (Å²) in [5.74, 6) is 0.724. The Balaban J connectivity index is 1.59. The molecule has 1 aromatic heterocycles. The predicted molar refractivity (Wildman–Crippen MR) is 114 cm³/mol. The van der Waals surface area contributed by atoms with Crippen LogP contribution in [0.1, 0.15) is 34.9 Å². The van der Waals surface area contributed by atoms with E-state index in [1.165, 1.54) is 14.2 Å². The summed E-state index contributed by atoms with van der Waals surface area (Å²) < 4.78 is 6.74. The molecule has 2 aromatic rings. The molecule has 11 heteroatoms. The molecule has 2 aliphatic heterocycles. The van der Waals surface area contributed by atoms with Crippen LogP contribution in [-0.2, 0) is 4.84 Å². The third-order valence-electron chi connectivity index (χ3n) is 5.73. The standard InChI is InChI=1S/C20H22BrN5O5/c1-25(30-2)18(27)15-17(22-11-14(21)23-15)26-9-7-20(8-10-26)16(24-19(28)29)12-5-3-4-6-13(12)31-20/h3-6,11,16,24H,7-10H2,1-2H3,(H,28,29)/t16-/m1/s1. The molecule has 0 aliphatic carbocycles. The zero-order valence-electron chi connectivity index (χ0n) is 17.0. The van der Waals surface area contributed by atoms with E-state index in [2.05, 4.69) is 31.2 Å². The van der Waals surface area contributed by atoms with E-state index in [1.807, 2.05) is 29.2 Å². The number of aromatic nitrogens is 2. The fourth-order valence-electron chi connectivity index (χ4n) is 4.16. The summed E-state index contributed by atoms with van der Waals surface area (Å²) in [6, 6.07) is 7.00. The van der Waals surface area contributed by atoms with Gasteiger partial charge in [0.05, 0.1) is 13.3 Å². The first-order valence-corrected chi connectivity index (χ1v) is 10.5. The van der Waals surface area contributed by atoms with Crippen LogP contribution < -0.4 is 15.0 Å². The number of benzene rings is 1. The van der Waals surface area contributed by atoms with Gasteiger partial charge in [-0.15, -0.1) is 0 Å². The number of carbonyl (C=O) groups is 2. The number of halogens is 1. The fourth-order valence-corrected chi connectivity index (χ4v) is 4.44. The van der Waals surface area contributed by atoms with Crippen LogP contribution in [0.3, 0.4) is 0 Å². The van der Waals surface area contributed by atoms with Gasteiger partial charge >= 0.3 is 6.09 Å². The first kappa shape index (κ1) is 21.3. The second-order valence-electron chi connectivity index (χ2n) is 7.42. The van der Waals surface area contributed by atoms with Crippen molar-refractivity contribution in [1.29, 1.82) is 0 Å². The van der Waals surface area contributed by atoms with Gasteiger partial charge in [-0.2, -0.15) is 0 Å². The molecule has 31 heavy (non-hydrogen) atoms. The van der Waals surface area contributed by atoms with Gasteiger partial charge in [-0.1, -0.05) is 18.2 Å². The molecule has 10 nitrogen and oxygen atoms in total. The van der Waals surface area contributed by atoms with E-state index >= 15 is 0 Å². The molecular formula is C20H22BrN5O5. The highest BCUT2D eigenvalue weighted by Gasteiger charge is 2.51. The van der Waals surface area contributed by atoms with Crippen molar-refractivity contribution in [2.24, 2.45) is 0 Å². The number of amides is 2. The molecule has 0 unspecified atom stereocenters. The summed E-state index contributed by atoms with van der Waals surface area (Å²) in [4.78, 5) is 39.9. The molecule has 0 bridgehead atoms. The first-order valence-electron chi connectivity index (χ1n) is 9.71. The van der Waals surface area contributed by atoms with E-state index in [0.717, 1.165) is 10.6 Å². The molecule has 2 amide bonds. The van der Waals surface area contributed by atoms with Crippen molar-refractivity contribution < 1.29 is 24.3 Å². The number of anilines is 1. The molecule has 1 spiro atoms. The van der Waals surface area contributed by atoms with Crippen molar-refractivity contribution in [3.63, 3.8) is 0 Å². The lowest BCUT2D eigenvalue weighted by atomic mass is 9.82. The number of piperidine rings is 1. The van der Waals surface area contributed by atoms with Crippen molar-refractivity contribution >= 4 is 33.7 Å². The Hall–Kier alpha value is -2.92. The normalized spacial score (nSPS) is 18.9. The molecule has 3 heterocycles. The Labute approximate surface area is 187 Å². The molecule has 0 saturated carbocycles. The fraction of sp³-hybridized carbons (Fsp3) is 0.400. The zero-order chi connectivity index (χ0) is 22.2. The van der Waals surface area contributed by atoms with Crippen LogP contribution in [-0.4, -0.2) is 65.0 Å². The minimum Gasteiger partial charge on any atom is -0.484 e. The molecule has 2 N–H and O–H groups in total. The summed E-state index contributed by atoms with van der Waals surface area (Å²) in [6.07, 6.45) is 1.53. The maximum atomic E-state index is 12.7. The summed E-state index contributed by atoms with van der Waals surface area (Å²) >= 11 is 3.27. The number of hydrogen-bond acceptors (Lipinski definition) is 7. The third-order valence-corrected chi connectivity index (χ3v) is 6.11. The number of hydrogen-bond donors (Lipinski definition) is 2. The van der Waals surface area contributed by atoms with Gasteiger partial charge in [0.1, 0.15) is 22.0 Å². The van der Waals surface area contributed by atoms with E-state index in [-0.39, 0.29) is 5.69 Å². The van der Waals surface area contributed by atoms with E-state index in [4.69, 9.17) is 9.57 Å². The highest BCUT2D eigenvalue weighted by Crippen LogP contribution is 2.48. The molecule has 4 rings (SSSR count). The van der Waals surface area contributed by atoms with Gasteiger partial charge in [-0.25, -0.2) is 19.8 Å². The second kappa shape index (κ2) is 8.31. The number of fused-ring (bicyclic) bond motifs is 1. The number of ether oxygens (including phenoxy) is 1. The van der Waals surface area contributed by atoms with Crippen LogP contribution in [0.15, 0.2) is 35.1 Å². The number of nitrogens with one attached hydrogen (secondary N) is 1. The number of hydroxylamine groups is 2. The van der Waals surface area contributed by atoms with Gasteiger partial charge in [0.15, 0.2) is 11.5 Å². The highest BCUT2D eigenvalue weighted by atomic mass is 79.9. The van der Waals surface area contributed by atoms with Crippen LogP contribution in [0.25, 0.3) is 0 Å². The molecule has 1 saturated heterocycles. The Bertz CT molecular complexity index is 1010. The Kier molecular flexibility index (Phi) is 5.71. The lowest BCUT2D eigenvalue weighted by molar-refractivity contribution is -0.0760. The molecule has 0 radical (unpaired) electrons. The quantitative estimate of drug-likeness (QED) is 0.626. The van der Waals surface area contributed by atoms with E-state index in [9.17, 15) is 14.7 Å². The summed E-state index contributed by atoms with van der Waals surface area (Å²) in [5.41, 5.74) is 0.305. The van der Waals surface area contributed by atoms with E-state index in [0.29, 0.717) is 42.1 Å². The zero-order valence-corrected chi connectivity index (χ0v) is 18.6. The molecule has 1 atom stereocenters. The van der Waals surface area contributed by atoms with Crippen LogP contribution in [0, 0.1) is 0 Å². The van der Waals surface area contributed by atoms with Crippen molar-refractivity contribution in [2.45, 2.75) is 24.5 Å². The van der Waals surface area contributed by atoms with Crippen LogP contribution in [0.4, 0.5) is 10.6 Å². The van der Waals surface area contributed by atoms with Gasteiger partial charge in [0, 0.05) is 38.5 Å². The summed E-state index contributed by atoms with van der Waals surface area (Å²) in [7, 11) is 2.91. The van der Waals surface area contributed by atoms with Crippen molar-refractivity contribution in [3.05, 3.63) is 46.3 Å². The summed E-state index contributed by atoms with van der Waals surface area (Å²) in [6.45, 7) is 1.03. The molecule has 2 aliphatic rings. The molecule has 1 fully saturated rings. The minimum atomic E-state index is -1.10. The number of rotatable bonds is 4. The molecule has 164 valence electrons. The Morgan fingerprint density at radius 2 is 2.06 bits per heavy atom. The topological polar surface area (TPSA) is 117 Å². The minimum absolute atomic E-state index is 0.172. The van der Waals surface area contributed by atoms with Crippen molar-refractivity contribution in [1.82, 2.24) is 20.3 Å². The number of carbonyl (C=O) groups excluding carboxylic acids is 1. The van der Waals surface area contributed by atoms with Gasteiger partial charge < -0.3 is 20.1 Å². The summed E-state index contributed by atoms with van der Waals surface area (Å²) in [5, 5.41) is 13.1. The van der Waals surface area contributed by atoms with Crippen LogP contribution >= 0.6 is 15.9 Å². The van der Waals surface area contributed by atoms with Gasteiger partial charge in [-0.3, -0.25) is 9.63 Å². The predicted octanol–water partition coefficient (Wildman–Crippen LogP) is 2.61. The van der Waals surface area contributed by atoms with Crippen molar-refractivity contribution in [2.75, 3.05) is 32.1 Å². The van der Waals surface area contributed by atoms with Crippen molar-refractivity contribution in [3.8, 4) is 5.75 Å². The molecule has 1 aromatic carbocycles. The smallest absolute Gasteiger partial charge is 0.405 e. The SMILES string of the molecule is CON(C)C(=O)c1nc(Br)cnc1N1CCC2(CC1)Oc1ccccc1[C@H]2NC(=O)O. The Morgan fingerprint density at radius 3 is 2.74 bits per heavy atom. The number of carboxylic acid groups (broad SMARTS) is 1. The lowest BCUT2D eigenvalue weighted by Crippen LogP contribution is -2.53. The number of nitrogens with zero attached hydrogens (tertiary/aromatic N) is 4. The first-order chi connectivity index (χ1) is 14.8. The average Bonchev–Trinajstić information content (AvgIpc) is 3.05. The molecular weight excluding hydrogens is 470 g/mol. The van der Waals surface area contributed by atoms with Gasteiger partial charge in [0.25, 0.3) is 5.91 Å². The average molecular weight is 492 g/mol. The number of para-hydroxylation sites is 1. The van der Waals surface area contributed by atoms with Gasteiger partial charge in [0.2, 0.25) is 0 Å². The maximum Gasteiger partial charge on any atom is 0.405 e. The maximum absolute atomic E-state index is 12.7. The second-order valence-corrected chi connectivity index (χ2v) is 8.24. The van der Waals surface area contributed by atoms with Crippen LogP contribution in [0.2, 0.25) is 0 Å². The third kappa shape index (κ3) is 3.90. The monoisotopic (exact) mass is 491 g/mol. The lowest BCUT2D eigenvalue weighted by Gasteiger charge is -2.42. The van der Waals surface area contributed by atoms with Crippen LogP contribution in [0.5, 0.6) is 5.75 Å². The largest absolute Gasteiger partial charge is 0.484 e. The van der Waals surface area contributed by atoms with E-state index in [1.54, 1.807) is 6.20 Å². The Morgan fingerprint density at radius 1 is 1.35 bits per heavy atom. The van der Waals surface area contributed by atoms with E-state index < -0.39 is 23.6 Å². The highest BCUT2D eigenvalue weighted by molar-refractivity contribution is 9.10.